The Balaban J connectivity index is 1.59. The number of aryl methyl sites for hydroxylation is 1. The molecule has 0 radical (unpaired) electrons. The molecular weight excluding hydrogens is 360 g/mol. The molecule has 27 heavy (non-hydrogen) atoms. The van der Waals surface area contributed by atoms with E-state index in [0.717, 1.165) is 22.0 Å². The number of thiazole rings is 1. The predicted octanol–water partition coefficient (Wildman–Crippen LogP) is 4.59. The summed E-state index contributed by atoms with van der Waals surface area (Å²) in [5.41, 5.74) is 3.08. The van der Waals surface area contributed by atoms with E-state index in [9.17, 15) is 9.59 Å². The van der Waals surface area contributed by atoms with Crippen LogP contribution in [0.15, 0.2) is 53.9 Å². The molecule has 3 aromatic rings. The molecule has 0 spiro atoms. The molecule has 2 aromatic carbocycles. The number of nitrogens with zero attached hydrogens (tertiary/aromatic N) is 1. The summed E-state index contributed by atoms with van der Waals surface area (Å²) in [5.74, 6) is 0.654. The van der Waals surface area contributed by atoms with Crippen LogP contribution in [-0.4, -0.2) is 23.8 Å². The van der Waals surface area contributed by atoms with Crippen molar-refractivity contribution in [2.24, 2.45) is 0 Å². The number of benzene rings is 2. The van der Waals surface area contributed by atoms with Crippen LogP contribution in [0.3, 0.4) is 0 Å². The average molecular weight is 380 g/mol. The number of carbonyl (C=O) groups is 2. The Hall–Kier alpha value is -2.99. The minimum absolute atomic E-state index is 0.0290. The Labute approximate surface area is 162 Å². The zero-order valence-corrected chi connectivity index (χ0v) is 16.0. The maximum absolute atomic E-state index is 12.2. The standard InChI is InChI=1S/C21H20N2O3S/c1-14(24)15-5-3-7-17(11-15)22-20(25)10-9-18-13-27-21(23-18)16-6-4-8-19(12-16)26-2/h3-8,11-13H,9-10H2,1-2H3,(H,22,25). The summed E-state index contributed by atoms with van der Waals surface area (Å²) in [6, 6.07) is 14.7. The second-order valence-corrected chi connectivity index (χ2v) is 6.92. The number of anilines is 1. The van der Waals surface area contributed by atoms with Crippen LogP contribution in [0.5, 0.6) is 5.75 Å². The molecule has 3 rings (SSSR count). The Morgan fingerprint density at radius 2 is 1.96 bits per heavy atom. The Morgan fingerprint density at radius 1 is 1.15 bits per heavy atom. The summed E-state index contributed by atoms with van der Waals surface area (Å²) in [6.07, 6.45) is 0.879. The normalized spacial score (nSPS) is 10.4. The summed E-state index contributed by atoms with van der Waals surface area (Å²) in [5, 5.41) is 5.70. The highest BCUT2D eigenvalue weighted by molar-refractivity contribution is 7.13. The van der Waals surface area contributed by atoms with Gasteiger partial charge in [0.15, 0.2) is 5.78 Å². The van der Waals surface area contributed by atoms with Crippen LogP contribution in [0.25, 0.3) is 10.6 Å². The second-order valence-electron chi connectivity index (χ2n) is 6.06. The van der Waals surface area contributed by atoms with Crippen LogP contribution in [0.2, 0.25) is 0 Å². The number of rotatable bonds is 7. The maximum Gasteiger partial charge on any atom is 0.224 e. The highest BCUT2D eigenvalue weighted by Crippen LogP contribution is 2.27. The number of carbonyl (C=O) groups excluding carboxylic acids is 2. The summed E-state index contributed by atoms with van der Waals surface area (Å²) in [7, 11) is 1.64. The molecule has 1 aromatic heterocycles. The van der Waals surface area contributed by atoms with Crippen LogP contribution >= 0.6 is 11.3 Å². The number of methoxy groups -OCH3 is 1. The molecule has 0 aliphatic heterocycles. The number of nitrogens with one attached hydrogen (secondary N) is 1. The van der Waals surface area contributed by atoms with Gasteiger partial charge in [0.05, 0.1) is 12.8 Å². The van der Waals surface area contributed by atoms with Crippen molar-refractivity contribution in [3.8, 4) is 16.3 Å². The number of ketones is 1. The fourth-order valence-corrected chi connectivity index (χ4v) is 3.44. The van der Waals surface area contributed by atoms with E-state index in [-0.39, 0.29) is 11.7 Å². The van der Waals surface area contributed by atoms with Gasteiger partial charge in [-0.2, -0.15) is 0 Å². The van der Waals surface area contributed by atoms with Crippen molar-refractivity contribution in [3.63, 3.8) is 0 Å². The van der Waals surface area contributed by atoms with E-state index in [2.05, 4.69) is 10.3 Å². The van der Waals surface area contributed by atoms with E-state index in [1.54, 1.807) is 42.7 Å². The number of ether oxygens (including phenoxy) is 1. The van der Waals surface area contributed by atoms with E-state index in [0.29, 0.717) is 24.1 Å². The number of hydrogen-bond donors (Lipinski definition) is 1. The smallest absolute Gasteiger partial charge is 0.224 e. The van der Waals surface area contributed by atoms with Gasteiger partial charge in [-0.15, -0.1) is 11.3 Å². The van der Waals surface area contributed by atoms with Gasteiger partial charge in [-0.3, -0.25) is 9.59 Å². The molecule has 0 bridgehead atoms. The van der Waals surface area contributed by atoms with E-state index < -0.39 is 0 Å². The quantitative estimate of drug-likeness (QED) is 0.609. The van der Waals surface area contributed by atoms with Crippen LogP contribution in [-0.2, 0) is 11.2 Å². The van der Waals surface area contributed by atoms with Gasteiger partial charge in [0.25, 0.3) is 0 Å². The predicted molar refractivity (Wildman–Crippen MR) is 107 cm³/mol. The van der Waals surface area contributed by atoms with E-state index in [1.165, 1.54) is 6.92 Å². The molecule has 1 heterocycles. The van der Waals surface area contributed by atoms with Crippen molar-refractivity contribution in [3.05, 3.63) is 65.2 Å². The molecule has 0 aliphatic rings. The fourth-order valence-electron chi connectivity index (χ4n) is 2.59. The third-order valence-corrected chi connectivity index (χ3v) is 4.97. The first-order chi connectivity index (χ1) is 13.0. The average Bonchev–Trinajstić information content (AvgIpc) is 3.16. The molecule has 1 N–H and O–H groups in total. The van der Waals surface area contributed by atoms with Gasteiger partial charge in [0.2, 0.25) is 5.91 Å². The third kappa shape index (κ3) is 5.01. The highest BCUT2D eigenvalue weighted by Gasteiger charge is 2.09. The van der Waals surface area contributed by atoms with Gasteiger partial charge in [0, 0.05) is 28.6 Å². The first kappa shape index (κ1) is 18.8. The zero-order chi connectivity index (χ0) is 19.2. The van der Waals surface area contributed by atoms with Crippen LogP contribution < -0.4 is 10.1 Å². The molecule has 138 valence electrons. The molecule has 0 aliphatic carbocycles. The molecule has 1 amide bonds. The maximum atomic E-state index is 12.2. The molecule has 0 fully saturated rings. The van der Waals surface area contributed by atoms with E-state index in [1.807, 2.05) is 29.6 Å². The Kier molecular flexibility index (Phi) is 5.98. The van der Waals surface area contributed by atoms with Crippen molar-refractivity contribution in [2.45, 2.75) is 19.8 Å². The van der Waals surface area contributed by atoms with Gasteiger partial charge < -0.3 is 10.1 Å². The van der Waals surface area contributed by atoms with Crippen molar-refractivity contribution in [1.29, 1.82) is 0 Å². The topological polar surface area (TPSA) is 68.3 Å². The number of aromatic nitrogens is 1. The van der Waals surface area contributed by atoms with Crippen LogP contribution in [0.1, 0.15) is 29.4 Å². The van der Waals surface area contributed by atoms with E-state index in [4.69, 9.17) is 4.74 Å². The largest absolute Gasteiger partial charge is 0.497 e. The van der Waals surface area contributed by atoms with Crippen molar-refractivity contribution >= 4 is 28.7 Å². The molecule has 0 saturated carbocycles. The molecule has 5 nitrogen and oxygen atoms in total. The van der Waals surface area contributed by atoms with Crippen molar-refractivity contribution in [2.75, 3.05) is 12.4 Å². The first-order valence-corrected chi connectivity index (χ1v) is 9.43. The molecule has 0 atom stereocenters. The van der Waals surface area contributed by atoms with Crippen LogP contribution in [0, 0.1) is 0 Å². The van der Waals surface area contributed by atoms with E-state index >= 15 is 0 Å². The lowest BCUT2D eigenvalue weighted by Crippen LogP contribution is -2.12. The Morgan fingerprint density at radius 3 is 2.74 bits per heavy atom. The SMILES string of the molecule is COc1cccc(-c2nc(CCC(=O)Nc3cccc(C(C)=O)c3)cs2)c1. The van der Waals surface area contributed by atoms with Gasteiger partial charge >= 0.3 is 0 Å². The third-order valence-electron chi connectivity index (χ3n) is 4.03. The summed E-state index contributed by atoms with van der Waals surface area (Å²) in [4.78, 5) is 28.2. The highest BCUT2D eigenvalue weighted by atomic mass is 32.1. The number of hydrogen-bond acceptors (Lipinski definition) is 5. The van der Waals surface area contributed by atoms with Gasteiger partial charge in [0.1, 0.15) is 10.8 Å². The van der Waals surface area contributed by atoms with Crippen molar-refractivity contribution < 1.29 is 14.3 Å². The molecule has 6 heteroatoms. The second kappa shape index (κ2) is 8.60. The van der Waals surface area contributed by atoms with Gasteiger partial charge in [-0.1, -0.05) is 24.3 Å². The number of amides is 1. The summed E-state index contributed by atoms with van der Waals surface area (Å²) < 4.78 is 5.24. The van der Waals surface area contributed by atoms with Gasteiger partial charge in [-0.25, -0.2) is 4.98 Å². The summed E-state index contributed by atoms with van der Waals surface area (Å²) >= 11 is 1.55. The van der Waals surface area contributed by atoms with Crippen molar-refractivity contribution in [1.82, 2.24) is 4.98 Å². The monoisotopic (exact) mass is 380 g/mol. The van der Waals surface area contributed by atoms with Gasteiger partial charge in [-0.05, 0) is 37.6 Å². The lowest BCUT2D eigenvalue weighted by atomic mass is 10.1. The van der Waals surface area contributed by atoms with Crippen LogP contribution in [0.4, 0.5) is 5.69 Å². The molecule has 0 unspecified atom stereocenters. The molecular formula is C21H20N2O3S. The first-order valence-electron chi connectivity index (χ1n) is 8.55. The lowest BCUT2D eigenvalue weighted by Gasteiger charge is -2.06. The minimum Gasteiger partial charge on any atom is -0.497 e. The zero-order valence-electron chi connectivity index (χ0n) is 15.2. The molecule has 0 saturated heterocycles. The fraction of sp³-hybridized carbons (Fsp3) is 0.190. The minimum atomic E-state index is -0.105. The summed E-state index contributed by atoms with van der Waals surface area (Å²) in [6.45, 7) is 1.50. The number of Topliss-reactive ketones (excluding diaryl/α,β-unsaturated/α-hetero) is 1. The Bertz CT molecular complexity index is 965. The lowest BCUT2D eigenvalue weighted by molar-refractivity contribution is -0.116.